The van der Waals surface area contributed by atoms with Crippen molar-refractivity contribution in [3.05, 3.63) is 36.2 Å². The van der Waals surface area contributed by atoms with Crippen molar-refractivity contribution in [3.8, 4) is 0 Å². The standard InChI is InChI=1S/C14H21N5O/c1-3-19-11-15-16-14(19)13-10-18(6-7-20-13)9-12-4-5-17(2)8-12/h4-5,8,11,13H,3,6-7,9-10H2,1-2H3/t13-/m0/s1. The predicted molar refractivity (Wildman–Crippen MR) is 75.1 cm³/mol. The maximum atomic E-state index is 5.87. The Labute approximate surface area is 119 Å². The molecule has 20 heavy (non-hydrogen) atoms. The lowest BCUT2D eigenvalue weighted by Crippen LogP contribution is -2.38. The molecule has 1 fully saturated rings. The Balaban J connectivity index is 1.67. The molecule has 108 valence electrons. The zero-order chi connectivity index (χ0) is 13.9. The number of rotatable bonds is 4. The monoisotopic (exact) mass is 275 g/mol. The van der Waals surface area contributed by atoms with Gasteiger partial charge in [-0.1, -0.05) is 0 Å². The third kappa shape index (κ3) is 2.76. The minimum absolute atomic E-state index is 0.0231. The molecular weight excluding hydrogens is 254 g/mol. The molecule has 0 spiro atoms. The van der Waals surface area contributed by atoms with Crippen LogP contribution in [-0.4, -0.2) is 43.9 Å². The van der Waals surface area contributed by atoms with E-state index in [1.165, 1.54) is 5.56 Å². The first-order chi connectivity index (χ1) is 9.76. The van der Waals surface area contributed by atoms with Gasteiger partial charge in [-0.3, -0.25) is 4.90 Å². The van der Waals surface area contributed by atoms with Gasteiger partial charge in [0.2, 0.25) is 0 Å². The average molecular weight is 275 g/mol. The molecule has 0 bridgehead atoms. The Hall–Kier alpha value is -1.66. The van der Waals surface area contributed by atoms with E-state index in [0.29, 0.717) is 0 Å². The van der Waals surface area contributed by atoms with Gasteiger partial charge in [0.05, 0.1) is 6.61 Å². The van der Waals surface area contributed by atoms with Gasteiger partial charge in [0.25, 0.3) is 0 Å². The number of hydrogen-bond donors (Lipinski definition) is 0. The minimum Gasteiger partial charge on any atom is -0.368 e. The van der Waals surface area contributed by atoms with Crippen LogP contribution < -0.4 is 0 Å². The van der Waals surface area contributed by atoms with Crippen LogP contribution in [0.1, 0.15) is 24.4 Å². The van der Waals surface area contributed by atoms with E-state index in [1.807, 2.05) is 0 Å². The number of aromatic nitrogens is 4. The second-order valence-corrected chi connectivity index (χ2v) is 5.25. The maximum absolute atomic E-state index is 5.87. The van der Waals surface area contributed by atoms with Crippen LogP contribution >= 0.6 is 0 Å². The van der Waals surface area contributed by atoms with E-state index in [-0.39, 0.29) is 6.10 Å². The van der Waals surface area contributed by atoms with E-state index in [9.17, 15) is 0 Å². The van der Waals surface area contributed by atoms with Gasteiger partial charge in [0.1, 0.15) is 12.4 Å². The summed E-state index contributed by atoms with van der Waals surface area (Å²) in [7, 11) is 2.05. The highest BCUT2D eigenvalue weighted by Gasteiger charge is 2.25. The lowest BCUT2D eigenvalue weighted by Gasteiger charge is -2.32. The second kappa shape index (κ2) is 5.76. The molecule has 0 N–H and O–H groups in total. The van der Waals surface area contributed by atoms with Crippen molar-refractivity contribution in [2.75, 3.05) is 19.7 Å². The Morgan fingerprint density at radius 3 is 3.10 bits per heavy atom. The lowest BCUT2D eigenvalue weighted by atomic mass is 10.2. The summed E-state index contributed by atoms with van der Waals surface area (Å²) in [5.41, 5.74) is 1.34. The third-order valence-corrected chi connectivity index (χ3v) is 3.72. The van der Waals surface area contributed by atoms with Gasteiger partial charge in [0, 0.05) is 45.6 Å². The van der Waals surface area contributed by atoms with E-state index in [4.69, 9.17) is 4.74 Å². The Kier molecular flexibility index (Phi) is 3.84. The summed E-state index contributed by atoms with van der Waals surface area (Å²) < 4.78 is 10.0. The van der Waals surface area contributed by atoms with Crippen LogP contribution in [0.15, 0.2) is 24.8 Å². The summed E-state index contributed by atoms with van der Waals surface area (Å²) in [5, 5.41) is 8.21. The van der Waals surface area contributed by atoms with Crippen molar-refractivity contribution < 1.29 is 4.74 Å². The summed E-state index contributed by atoms with van der Waals surface area (Å²) in [4.78, 5) is 2.41. The average Bonchev–Trinajstić information content (AvgIpc) is 3.08. The van der Waals surface area contributed by atoms with Gasteiger partial charge in [-0.05, 0) is 18.6 Å². The summed E-state index contributed by atoms with van der Waals surface area (Å²) >= 11 is 0. The van der Waals surface area contributed by atoms with Crippen molar-refractivity contribution >= 4 is 0 Å². The van der Waals surface area contributed by atoms with Crippen molar-refractivity contribution in [1.82, 2.24) is 24.2 Å². The number of hydrogen-bond acceptors (Lipinski definition) is 4. The molecule has 0 unspecified atom stereocenters. The summed E-state index contributed by atoms with van der Waals surface area (Å²) in [5.74, 6) is 0.935. The molecule has 3 heterocycles. The van der Waals surface area contributed by atoms with Gasteiger partial charge in [0.15, 0.2) is 5.82 Å². The molecule has 0 radical (unpaired) electrons. The molecule has 0 aliphatic carbocycles. The van der Waals surface area contributed by atoms with Crippen LogP contribution in [0.3, 0.4) is 0 Å². The first-order valence-electron chi connectivity index (χ1n) is 7.08. The minimum atomic E-state index is 0.0231. The van der Waals surface area contributed by atoms with Crippen LogP contribution in [0.25, 0.3) is 0 Å². The van der Waals surface area contributed by atoms with E-state index in [0.717, 1.165) is 38.6 Å². The first-order valence-corrected chi connectivity index (χ1v) is 7.08. The number of aryl methyl sites for hydroxylation is 2. The summed E-state index contributed by atoms with van der Waals surface area (Å²) in [6.07, 6.45) is 6.05. The Morgan fingerprint density at radius 1 is 1.45 bits per heavy atom. The van der Waals surface area contributed by atoms with Crippen molar-refractivity contribution in [2.45, 2.75) is 26.1 Å². The fraction of sp³-hybridized carbons (Fsp3) is 0.571. The van der Waals surface area contributed by atoms with Gasteiger partial charge in [-0.25, -0.2) is 0 Å². The molecule has 0 aromatic carbocycles. The maximum Gasteiger partial charge on any atom is 0.163 e. The van der Waals surface area contributed by atoms with Crippen LogP contribution in [0, 0.1) is 0 Å². The van der Waals surface area contributed by atoms with E-state index >= 15 is 0 Å². The van der Waals surface area contributed by atoms with Crippen LogP contribution in [-0.2, 0) is 24.9 Å². The van der Waals surface area contributed by atoms with Gasteiger partial charge < -0.3 is 13.9 Å². The van der Waals surface area contributed by atoms with Crippen molar-refractivity contribution in [2.24, 2.45) is 7.05 Å². The largest absolute Gasteiger partial charge is 0.368 e. The summed E-state index contributed by atoms with van der Waals surface area (Å²) in [6.45, 7) is 6.51. The highest BCUT2D eigenvalue weighted by atomic mass is 16.5. The molecule has 3 rings (SSSR count). The topological polar surface area (TPSA) is 48.1 Å². The molecule has 2 aromatic rings. The highest BCUT2D eigenvalue weighted by Crippen LogP contribution is 2.21. The second-order valence-electron chi connectivity index (χ2n) is 5.25. The Bertz CT molecular complexity index is 561. The molecule has 6 heteroatoms. The van der Waals surface area contributed by atoms with E-state index in [1.54, 1.807) is 6.33 Å². The van der Waals surface area contributed by atoms with Crippen LogP contribution in [0.4, 0.5) is 0 Å². The van der Waals surface area contributed by atoms with E-state index < -0.39 is 0 Å². The number of ether oxygens (including phenoxy) is 1. The number of morpholine rings is 1. The fourth-order valence-corrected chi connectivity index (χ4v) is 2.67. The smallest absolute Gasteiger partial charge is 0.163 e. The zero-order valence-corrected chi connectivity index (χ0v) is 12.1. The molecule has 2 aromatic heterocycles. The molecular formula is C14H21N5O. The molecule has 1 saturated heterocycles. The molecule has 1 aliphatic rings. The van der Waals surface area contributed by atoms with E-state index in [2.05, 4.69) is 56.7 Å². The molecule has 6 nitrogen and oxygen atoms in total. The lowest BCUT2D eigenvalue weighted by molar-refractivity contribution is -0.0388. The normalized spacial score (nSPS) is 20.4. The molecule has 0 saturated carbocycles. The summed E-state index contributed by atoms with van der Waals surface area (Å²) in [6, 6.07) is 2.17. The Morgan fingerprint density at radius 2 is 2.35 bits per heavy atom. The van der Waals surface area contributed by atoms with Crippen molar-refractivity contribution in [3.63, 3.8) is 0 Å². The SMILES string of the molecule is CCn1cnnc1[C@@H]1CN(Cc2ccn(C)c2)CCO1. The first kappa shape index (κ1) is 13.3. The third-order valence-electron chi connectivity index (χ3n) is 3.72. The fourth-order valence-electron chi connectivity index (χ4n) is 2.67. The molecule has 1 aliphatic heterocycles. The van der Waals surface area contributed by atoms with Crippen molar-refractivity contribution in [1.29, 1.82) is 0 Å². The predicted octanol–water partition coefficient (Wildman–Crippen LogP) is 1.21. The molecule has 0 amide bonds. The highest BCUT2D eigenvalue weighted by molar-refractivity contribution is 5.10. The van der Waals surface area contributed by atoms with Crippen LogP contribution in [0.2, 0.25) is 0 Å². The molecule has 1 atom stereocenters. The van der Waals surface area contributed by atoms with Gasteiger partial charge in [-0.2, -0.15) is 0 Å². The van der Waals surface area contributed by atoms with Gasteiger partial charge >= 0.3 is 0 Å². The van der Waals surface area contributed by atoms with Gasteiger partial charge in [-0.15, -0.1) is 10.2 Å². The zero-order valence-electron chi connectivity index (χ0n) is 12.1. The number of nitrogens with zero attached hydrogens (tertiary/aromatic N) is 5. The van der Waals surface area contributed by atoms with Crippen LogP contribution in [0.5, 0.6) is 0 Å². The quantitative estimate of drug-likeness (QED) is 0.841.